The zero-order valence-electron chi connectivity index (χ0n) is 14.7. The van der Waals surface area contributed by atoms with Crippen LogP contribution in [0.3, 0.4) is 0 Å². The molecule has 1 rings (SSSR count). The number of rotatable bonds is 5. The van der Waals surface area contributed by atoms with Gasteiger partial charge in [0, 0.05) is 5.92 Å². The molecule has 1 aromatic rings. The Kier molecular flexibility index (Phi) is 6.34. The topological polar surface area (TPSA) is 9.23 Å². The van der Waals surface area contributed by atoms with E-state index in [9.17, 15) is 0 Å². The maximum absolute atomic E-state index is 5.93. The lowest BCUT2D eigenvalue weighted by Crippen LogP contribution is -2.15. The fraction of sp³-hybridized carbons (Fsp3) is 0.600. The standard InChI is InChI=1S/C20H30O/c1-8-10-15(3)16(4)17-11-12-19(21-13-9-2)18(14-17)20(5,6)7/h11-12,14-16H,9,13H2,1-7H3. The molecule has 0 amide bonds. The predicted molar refractivity (Wildman–Crippen MR) is 92.0 cm³/mol. The van der Waals surface area contributed by atoms with Gasteiger partial charge < -0.3 is 4.74 Å². The van der Waals surface area contributed by atoms with Gasteiger partial charge in [0.1, 0.15) is 5.75 Å². The van der Waals surface area contributed by atoms with Crippen molar-refractivity contribution in [3.63, 3.8) is 0 Å². The Morgan fingerprint density at radius 3 is 2.38 bits per heavy atom. The van der Waals surface area contributed by atoms with Gasteiger partial charge in [-0.15, -0.1) is 5.92 Å². The van der Waals surface area contributed by atoms with Crippen LogP contribution in [0.2, 0.25) is 0 Å². The Labute approximate surface area is 131 Å². The Morgan fingerprint density at radius 1 is 1.19 bits per heavy atom. The van der Waals surface area contributed by atoms with Crippen LogP contribution in [0.15, 0.2) is 18.2 Å². The van der Waals surface area contributed by atoms with Crippen LogP contribution in [0.25, 0.3) is 0 Å². The van der Waals surface area contributed by atoms with Crippen LogP contribution in [0.1, 0.15) is 71.9 Å². The van der Waals surface area contributed by atoms with E-state index in [1.165, 1.54) is 11.1 Å². The molecule has 0 radical (unpaired) electrons. The highest BCUT2D eigenvalue weighted by Crippen LogP contribution is 2.35. The summed E-state index contributed by atoms with van der Waals surface area (Å²) in [5, 5.41) is 0. The first-order valence-electron chi connectivity index (χ1n) is 8.00. The lowest BCUT2D eigenvalue weighted by molar-refractivity contribution is 0.308. The molecule has 0 aliphatic rings. The van der Waals surface area contributed by atoms with Crippen molar-refractivity contribution in [2.45, 2.75) is 66.2 Å². The van der Waals surface area contributed by atoms with Gasteiger partial charge in [0.2, 0.25) is 0 Å². The highest BCUT2D eigenvalue weighted by molar-refractivity contribution is 5.43. The molecular formula is C20H30O. The quantitative estimate of drug-likeness (QED) is 0.646. The monoisotopic (exact) mass is 286 g/mol. The molecule has 2 unspecified atom stereocenters. The summed E-state index contributed by atoms with van der Waals surface area (Å²) in [5.74, 6) is 8.12. The lowest BCUT2D eigenvalue weighted by atomic mass is 9.82. The number of benzene rings is 1. The maximum Gasteiger partial charge on any atom is 0.123 e. The molecule has 0 fully saturated rings. The van der Waals surface area contributed by atoms with E-state index >= 15 is 0 Å². The molecule has 0 N–H and O–H groups in total. The van der Waals surface area contributed by atoms with Crippen molar-refractivity contribution < 1.29 is 4.74 Å². The molecule has 0 saturated carbocycles. The Balaban J connectivity index is 3.17. The van der Waals surface area contributed by atoms with Gasteiger partial charge in [-0.05, 0) is 41.9 Å². The first-order chi connectivity index (χ1) is 9.81. The van der Waals surface area contributed by atoms with Gasteiger partial charge >= 0.3 is 0 Å². The number of ether oxygens (including phenoxy) is 1. The van der Waals surface area contributed by atoms with Gasteiger partial charge in [-0.25, -0.2) is 0 Å². The second-order valence-electron chi connectivity index (χ2n) is 6.83. The van der Waals surface area contributed by atoms with E-state index in [1.54, 1.807) is 0 Å². The zero-order chi connectivity index (χ0) is 16.0. The van der Waals surface area contributed by atoms with E-state index < -0.39 is 0 Å². The molecule has 1 heteroatoms. The van der Waals surface area contributed by atoms with E-state index in [4.69, 9.17) is 4.74 Å². The maximum atomic E-state index is 5.93. The lowest BCUT2D eigenvalue weighted by Gasteiger charge is -2.25. The highest BCUT2D eigenvalue weighted by atomic mass is 16.5. The third kappa shape index (κ3) is 4.81. The fourth-order valence-electron chi connectivity index (χ4n) is 2.40. The van der Waals surface area contributed by atoms with Gasteiger partial charge in [0.25, 0.3) is 0 Å². The minimum Gasteiger partial charge on any atom is -0.493 e. The molecule has 2 atom stereocenters. The first kappa shape index (κ1) is 17.6. The van der Waals surface area contributed by atoms with Crippen molar-refractivity contribution in [3.05, 3.63) is 29.3 Å². The molecule has 116 valence electrons. The molecule has 1 aromatic carbocycles. The zero-order valence-corrected chi connectivity index (χ0v) is 14.7. The molecule has 0 bridgehead atoms. The van der Waals surface area contributed by atoms with E-state index in [1.807, 2.05) is 6.92 Å². The van der Waals surface area contributed by atoms with Gasteiger partial charge in [0.15, 0.2) is 0 Å². The Bertz CT molecular complexity index is 511. The number of hydrogen-bond donors (Lipinski definition) is 0. The third-order valence-electron chi connectivity index (χ3n) is 3.92. The molecule has 0 aliphatic carbocycles. The van der Waals surface area contributed by atoms with Crippen LogP contribution >= 0.6 is 0 Å². The normalized spacial score (nSPS) is 14.0. The summed E-state index contributed by atoms with van der Waals surface area (Å²) in [6.07, 6.45) is 1.03. The largest absolute Gasteiger partial charge is 0.493 e. The minimum atomic E-state index is 0.0818. The molecule has 0 saturated heterocycles. The van der Waals surface area contributed by atoms with Crippen molar-refractivity contribution in [2.75, 3.05) is 6.61 Å². The van der Waals surface area contributed by atoms with Crippen molar-refractivity contribution in [1.29, 1.82) is 0 Å². The summed E-state index contributed by atoms with van der Waals surface area (Å²) in [6, 6.07) is 6.64. The third-order valence-corrected chi connectivity index (χ3v) is 3.92. The summed E-state index contributed by atoms with van der Waals surface area (Å²) < 4.78 is 5.93. The molecule has 1 nitrogen and oxygen atoms in total. The molecular weight excluding hydrogens is 256 g/mol. The highest BCUT2D eigenvalue weighted by Gasteiger charge is 2.22. The minimum absolute atomic E-state index is 0.0818. The van der Waals surface area contributed by atoms with Crippen LogP contribution in [-0.2, 0) is 5.41 Å². The summed E-state index contributed by atoms with van der Waals surface area (Å²) in [4.78, 5) is 0. The number of hydrogen-bond acceptors (Lipinski definition) is 1. The van der Waals surface area contributed by atoms with Gasteiger partial charge in [-0.2, -0.15) is 0 Å². The predicted octanol–water partition coefficient (Wildman–Crippen LogP) is 5.54. The summed E-state index contributed by atoms with van der Waals surface area (Å²) in [5.41, 5.74) is 2.72. The fourth-order valence-corrected chi connectivity index (χ4v) is 2.40. The van der Waals surface area contributed by atoms with Crippen molar-refractivity contribution in [1.82, 2.24) is 0 Å². The second kappa shape index (κ2) is 7.55. The first-order valence-corrected chi connectivity index (χ1v) is 8.00. The average Bonchev–Trinajstić information content (AvgIpc) is 2.43. The molecule has 0 spiro atoms. The average molecular weight is 286 g/mol. The van der Waals surface area contributed by atoms with Gasteiger partial charge in [0.05, 0.1) is 6.61 Å². The van der Waals surface area contributed by atoms with Crippen LogP contribution in [-0.4, -0.2) is 6.61 Å². The van der Waals surface area contributed by atoms with Crippen LogP contribution in [0.4, 0.5) is 0 Å². The summed E-state index contributed by atoms with van der Waals surface area (Å²) in [6.45, 7) is 16.0. The smallest absolute Gasteiger partial charge is 0.123 e. The van der Waals surface area contributed by atoms with Crippen LogP contribution in [0, 0.1) is 17.8 Å². The summed E-state index contributed by atoms with van der Waals surface area (Å²) >= 11 is 0. The molecule has 0 aliphatic heterocycles. The second-order valence-corrected chi connectivity index (χ2v) is 6.83. The van der Waals surface area contributed by atoms with Crippen molar-refractivity contribution >= 4 is 0 Å². The molecule has 0 aromatic heterocycles. The van der Waals surface area contributed by atoms with E-state index in [0.717, 1.165) is 18.8 Å². The van der Waals surface area contributed by atoms with Gasteiger partial charge in [-0.3, -0.25) is 0 Å². The Morgan fingerprint density at radius 2 is 1.86 bits per heavy atom. The van der Waals surface area contributed by atoms with Crippen molar-refractivity contribution in [3.8, 4) is 17.6 Å². The Hall–Kier alpha value is -1.42. The van der Waals surface area contributed by atoms with E-state index in [-0.39, 0.29) is 5.41 Å². The van der Waals surface area contributed by atoms with Crippen LogP contribution in [0.5, 0.6) is 5.75 Å². The SMILES string of the molecule is CC#CC(C)C(C)c1ccc(OCCC)c(C(C)(C)C)c1. The summed E-state index contributed by atoms with van der Waals surface area (Å²) in [7, 11) is 0. The van der Waals surface area contributed by atoms with Gasteiger partial charge in [-0.1, -0.05) is 59.6 Å². The van der Waals surface area contributed by atoms with Crippen molar-refractivity contribution in [2.24, 2.45) is 5.92 Å². The van der Waals surface area contributed by atoms with E-state index in [2.05, 4.69) is 71.6 Å². The molecule has 21 heavy (non-hydrogen) atoms. The van der Waals surface area contributed by atoms with E-state index in [0.29, 0.717) is 11.8 Å². The molecule has 0 heterocycles. The van der Waals surface area contributed by atoms with Crippen LogP contribution < -0.4 is 4.74 Å².